The van der Waals surface area contributed by atoms with Crippen molar-refractivity contribution in [3.63, 3.8) is 0 Å². The fourth-order valence-corrected chi connectivity index (χ4v) is 3.06. The van der Waals surface area contributed by atoms with Gasteiger partial charge in [-0.15, -0.1) is 0 Å². The molecule has 3 rings (SSSR count). The third-order valence-corrected chi connectivity index (χ3v) is 4.79. The van der Waals surface area contributed by atoms with Gasteiger partial charge in [-0.25, -0.2) is 4.98 Å². The number of Topliss-reactive ketones (excluding diaryl/α,β-unsaturated/α-hetero) is 1. The van der Waals surface area contributed by atoms with E-state index < -0.39 is 0 Å². The minimum absolute atomic E-state index is 0.00754. The van der Waals surface area contributed by atoms with Crippen molar-refractivity contribution in [2.24, 2.45) is 0 Å². The largest absolute Gasteiger partial charge is 0.473 e. The first kappa shape index (κ1) is 21.2. The highest BCUT2D eigenvalue weighted by Gasteiger charge is 2.12. The van der Waals surface area contributed by atoms with Crippen molar-refractivity contribution in [2.75, 3.05) is 0 Å². The molecule has 1 N–H and O–H groups in total. The standard InChI is InChI=1S/C25H26N2O3/c1-18-8-9-19(2)22(14-18)23(28)10-11-24(29)27-16-21-12-13-26-25(15-21)30-17-20-6-4-3-5-7-20/h3-9,12-15H,10-11,16-17H2,1-2H3,(H,27,29). The van der Waals surface area contributed by atoms with Crippen molar-refractivity contribution >= 4 is 11.7 Å². The van der Waals surface area contributed by atoms with Crippen LogP contribution in [0.3, 0.4) is 0 Å². The molecule has 0 atom stereocenters. The summed E-state index contributed by atoms with van der Waals surface area (Å²) in [6.07, 6.45) is 2.01. The van der Waals surface area contributed by atoms with Gasteiger partial charge < -0.3 is 10.1 Å². The number of carbonyl (C=O) groups excluding carboxylic acids is 2. The van der Waals surface area contributed by atoms with E-state index in [0.717, 1.165) is 22.3 Å². The lowest BCUT2D eigenvalue weighted by Crippen LogP contribution is -2.23. The van der Waals surface area contributed by atoms with Gasteiger partial charge in [0.1, 0.15) is 6.61 Å². The Labute approximate surface area is 177 Å². The molecule has 0 unspecified atom stereocenters. The van der Waals surface area contributed by atoms with Crippen LogP contribution in [0.4, 0.5) is 0 Å². The average molecular weight is 402 g/mol. The van der Waals surface area contributed by atoms with E-state index in [4.69, 9.17) is 4.74 Å². The molecular weight excluding hydrogens is 376 g/mol. The molecule has 0 fully saturated rings. The topological polar surface area (TPSA) is 68.3 Å². The Kier molecular flexibility index (Phi) is 7.33. The van der Waals surface area contributed by atoms with Crippen LogP contribution < -0.4 is 10.1 Å². The fourth-order valence-electron chi connectivity index (χ4n) is 3.06. The van der Waals surface area contributed by atoms with Crippen molar-refractivity contribution in [1.82, 2.24) is 10.3 Å². The molecule has 0 saturated heterocycles. The molecule has 2 aromatic carbocycles. The van der Waals surface area contributed by atoms with E-state index in [-0.39, 0.29) is 24.5 Å². The van der Waals surface area contributed by atoms with E-state index in [1.165, 1.54) is 0 Å². The van der Waals surface area contributed by atoms with Gasteiger partial charge in [-0.05, 0) is 42.7 Å². The predicted octanol–water partition coefficient (Wildman–Crippen LogP) is 4.56. The summed E-state index contributed by atoms with van der Waals surface area (Å²) in [5.41, 5.74) is 4.62. The minimum atomic E-state index is -0.155. The van der Waals surface area contributed by atoms with Crippen LogP contribution in [0.5, 0.6) is 5.88 Å². The van der Waals surface area contributed by atoms with Crippen molar-refractivity contribution < 1.29 is 14.3 Å². The van der Waals surface area contributed by atoms with Gasteiger partial charge in [0.2, 0.25) is 11.8 Å². The van der Waals surface area contributed by atoms with Crippen LogP contribution in [0.15, 0.2) is 66.9 Å². The van der Waals surface area contributed by atoms with Gasteiger partial charge in [0.15, 0.2) is 5.78 Å². The molecule has 0 bridgehead atoms. The van der Waals surface area contributed by atoms with Gasteiger partial charge >= 0.3 is 0 Å². The van der Waals surface area contributed by atoms with E-state index in [1.54, 1.807) is 6.20 Å². The van der Waals surface area contributed by atoms with E-state index in [1.807, 2.05) is 74.5 Å². The molecule has 5 heteroatoms. The molecule has 0 spiro atoms. The quantitative estimate of drug-likeness (QED) is 0.533. The Morgan fingerprint density at radius 2 is 1.73 bits per heavy atom. The number of aryl methyl sites for hydroxylation is 2. The van der Waals surface area contributed by atoms with Crippen LogP contribution >= 0.6 is 0 Å². The Bertz CT molecular complexity index is 1020. The number of amides is 1. The van der Waals surface area contributed by atoms with Gasteiger partial charge in [0.05, 0.1) is 0 Å². The number of aromatic nitrogens is 1. The SMILES string of the molecule is Cc1ccc(C)c(C(=O)CCC(=O)NCc2ccnc(OCc3ccccc3)c2)c1. The summed E-state index contributed by atoms with van der Waals surface area (Å²) in [5.74, 6) is 0.347. The lowest BCUT2D eigenvalue weighted by atomic mass is 9.99. The van der Waals surface area contributed by atoms with Crippen molar-refractivity contribution in [3.8, 4) is 5.88 Å². The number of ether oxygens (including phenoxy) is 1. The number of carbonyl (C=O) groups is 2. The van der Waals surface area contributed by atoms with E-state index in [9.17, 15) is 9.59 Å². The molecule has 0 aliphatic rings. The highest BCUT2D eigenvalue weighted by atomic mass is 16.5. The number of hydrogen-bond donors (Lipinski definition) is 1. The zero-order valence-corrected chi connectivity index (χ0v) is 17.4. The smallest absolute Gasteiger partial charge is 0.220 e. The zero-order chi connectivity index (χ0) is 21.3. The summed E-state index contributed by atoms with van der Waals surface area (Å²) in [7, 11) is 0. The number of nitrogens with zero attached hydrogens (tertiary/aromatic N) is 1. The van der Waals surface area contributed by atoms with Gasteiger partial charge in [0.25, 0.3) is 0 Å². The number of nitrogens with one attached hydrogen (secondary N) is 1. The predicted molar refractivity (Wildman–Crippen MR) is 116 cm³/mol. The summed E-state index contributed by atoms with van der Waals surface area (Å²) in [4.78, 5) is 28.8. The summed E-state index contributed by atoms with van der Waals surface area (Å²) in [6.45, 7) is 4.66. The lowest BCUT2D eigenvalue weighted by Gasteiger charge is -2.09. The van der Waals surface area contributed by atoms with Crippen LogP contribution in [-0.2, 0) is 17.9 Å². The number of hydrogen-bond acceptors (Lipinski definition) is 4. The molecule has 0 radical (unpaired) electrons. The van der Waals surface area contributed by atoms with Gasteiger partial charge in [0, 0.05) is 37.2 Å². The second kappa shape index (κ2) is 10.3. The second-order valence-corrected chi connectivity index (χ2v) is 7.29. The molecule has 0 aliphatic carbocycles. The third-order valence-electron chi connectivity index (χ3n) is 4.79. The maximum Gasteiger partial charge on any atom is 0.220 e. The summed E-state index contributed by atoms with van der Waals surface area (Å²) >= 11 is 0. The summed E-state index contributed by atoms with van der Waals surface area (Å²) in [6, 6.07) is 19.3. The highest BCUT2D eigenvalue weighted by Crippen LogP contribution is 2.14. The van der Waals surface area contributed by atoms with Crippen molar-refractivity contribution in [3.05, 3.63) is 94.7 Å². The second-order valence-electron chi connectivity index (χ2n) is 7.29. The van der Waals surface area contributed by atoms with Crippen LogP contribution in [0, 0.1) is 13.8 Å². The van der Waals surface area contributed by atoms with E-state index >= 15 is 0 Å². The Morgan fingerprint density at radius 3 is 2.53 bits per heavy atom. The lowest BCUT2D eigenvalue weighted by molar-refractivity contribution is -0.121. The molecule has 1 heterocycles. The van der Waals surface area contributed by atoms with Crippen LogP contribution in [0.2, 0.25) is 0 Å². The molecule has 5 nitrogen and oxygen atoms in total. The zero-order valence-electron chi connectivity index (χ0n) is 17.4. The van der Waals surface area contributed by atoms with Crippen LogP contribution in [-0.4, -0.2) is 16.7 Å². The van der Waals surface area contributed by atoms with Crippen LogP contribution in [0.25, 0.3) is 0 Å². The molecule has 0 aliphatic heterocycles. The van der Waals surface area contributed by atoms with Crippen molar-refractivity contribution in [2.45, 2.75) is 39.8 Å². The number of ketones is 1. The molecule has 154 valence electrons. The third kappa shape index (κ3) is 6.27. The number of rotatable bonds is 9. The van der Waals surface area contributed by atoms with Crippen molar-refractivity contribution in [1.29, 1.82) is 0 Å². The fraction of sp³-hybridized carbons (Fsp3) is 0.240. The molecule has 3 aromatic rings. The first-order valence-corrected chi connectivity index (χ1v) is 10.00. The first-order valence-electron chi connectivity index (χ1n) is 10.00. The maximum absolute atomic E-state index is 12.4. The molecule has 0 saturated carbocycles. The first-order chi connectivity index (χ1) is 14.5. The summed E-state index contributed by atoms with van der Waals surface area (Å²) < 4.78 is 5.72. The average Bonchev–Trinajstić information content (AvgIpc) is 2.77. The van der Waals surface area contributed by atoms with E-state index in [0.29, 0.717) is 24.6 Å². The molecule has 1 aromatic heterocycles. The van der Waals surface area contributed by atoms with Crippen LogP contribution in [0.1, 0.15) is 45.5 Å². The molecule has 1 amide bonds. The van der Waals surface area contributed by atoms with Gasteiger partial charge in [-0.1, -0.05) is 48.0 Å². The normalized spacial score (nSPS) is 10.5. The molecular formula is C25H26N2O3. The maximum atomic E-state index is 12.4. The van der Waals surface area contributed by atoms with E-state index in [2.05, 4.69) is 10.3 Å². The van der Waals surface area contributed by atoms with Gasteiger partial charge in [-0.2, -0.15) is 0 Å². The minimum Gasteiger partial charge on any atom is -0.473 e. The van der Waals surface area contributed by atoms with Gasteiger partial charge in [-0.3, -0.25) is 9.59 Å². The number of benzene rings is 2. The Balaban J connectivity index is 1.46. The highest BCUT2D eigenvalue weighted by molar-refractivity contribution is 5.99. The summed E-state index contributed by atoms with van der Waals surface area (Å²) in [5, 5.41) is 2.86. The Morgan fingerprint density at radius 1 is 0.933 bits per heavy atom. The molecule has 30 heavy (non-hydrogen) atoms. The number of pyridine rings is 1. The Hall–Kier alpha value is -3.47. The monoisotopic (exact) mass is 402 g/mol.